The van der Waals surface area contributed by atoms with E-state index in [4.69, 9.17) is 20.8 Å². The molecule has 0 bridgehead atoms. The molecule has 0 saturated carbocycles. The lowest BCUT2D eigenvalue weighted by Crippen LogP contribution is -2.11. The molecular weight excluding hydrogens is 178 g/mol. The number of ether oxygens (including phenoxy) is 1. The van der Waals surface area contributed by atoms with Crippen LogP contribution in [0.3, 0.4) is 0 Å². The van der Waals surface area contributed by atoms with Crippen molar-refractivity contribution in [3.05, 3.63) is 11.0 Å². The first kappa shape index (κ1) is 9.39. The maximum atomic E-state index is 5.72. The highest BCUT2D eigenvalue weighted by Gasteiger charge is 2.23. The fraction of sp³-hybridized carbons (Fsp3) is 0.625. The van der Waals surface area contributed by atoms with Gasteiger partial charge in [-0.1, -0.05) is 32.4 Å². The second-order valence-electron chi connectivity index (χ2n) is 3.55. The molecule has 0 N–H and O–H groups in total. The van der Waals surface area contributed by atoms with Crippen molar-refractivity contribution in [1.29, 1.82) is 0 Å². The van der Waals surface area contributed by atoms with Gasteiger partial charge in [0.05, 0.1) is 7.11 Å². The van der Waals surface area contributed by atoms with E-state index in [2.05, 4.69) is 4.98 Å². The van der Waals surface area contributed by atoms with Gasteiger partial charge in [-0.2, -0.15) is 4.98 Å². The number of methoxy groups -OCH3 is 1. The average Bonchev–Trinajstić information content (AvgIpc) is 2.29. The third-order valence-electron chi connectivity index (χ3n) is 1.38. The highest BCUT2D eigenvalue weighted by molar-refractivity contribution is 6.30. The van der Waals surface area contributed by atoms with Gasteiger partial charge >= 0.3 is 5.95 Å². The Hall–Kier alpha value is -0.700. The van der Waals surface area contributed by atoms with E-state index >= 15 is 0 Å². The topological polar surface area (TPSA) is 35.3 Å². The zero-order chi connectivity index (χ0) is 9.35. The molecule has 12 heavy (non-hydrogen) atoms. The molecule has 1 heterocycles. The van der Waals surface area contributed by atoms with Crippen molar-refractivity contribution in [3.8, 4) is 5.95 Å². The highest BCUT2D eigenvalue weighted by atomic mass is 35.5. The number of hydrogen-bond acceptors (Lipinski definition) is 3. The largest absolute Gasteiger partial charge is 0.466 e. The first-order chi connectivity index (χ1) is 5.45. The van der Waals surface area contributed by atoms with E-state index in [9.17, 15) is 0 Å². The minimum Gasteiger partial charge on any atom is -0.466 e. The van der Waals surface area contributed by atoms with E-state index in [0.717, 1.165) is 0 Å². The van der Waals surface area contributed by atoms with Crippen LogP contribution in [-0.2, 0) is 5.41 Å². The van der Waals surface area contributed by atoms with Crippen LogP contribution >= 0.6 is 11.6 Å². The summed E-state index contributed by atoms with van der Waals surface area (Å²) in [7, 11) is 1.50. The fourth-order valence-corrected chi connectivity index (χ4v) is 0.927. The summed E-state index contributed by atoms with van der Waals surface area (Å²) in [5.41, 5.74) is -0.138. The molecule has 1 aromatic heterocycles. The van der Waals surface area contributed by atoms with Gasteiger partial charge in [-0.15, -0.1) is 0 Å². The molecule has 4 heteroatoms. The lowest BCUT2D eigenvalue weighted by molar-refractivity contribution is 0.274. The van der Waals surface area contributed by atoms with Crippen molar-refractivity contribution in [2.24, 2.45) is 0 Å². The molecule has 0 aliphatic heterocycles. The summed E-state index contributed by atoms with van der Waals surface area (Å²) in [5, 5.41) is 0.280. The number of oxazole rings is 1. The molecule has 0 aliphatic carbocycles. The highest BCUT2D eigenvalue weighted by Crippen LogP contribution is 2.30. The van der Waals surface area contributed by atoms with E-state index in [1.54, 1.807) is 0 Å². The molecule has 0 spiro atoms. The number of rotatable bonds is 1. The van der Waals surface area contributed by atoms with E-state index < -0.39 is 0 Å². The molecule has 0 fully saturated rings. The van der Waals surface area contributed by atoms with Crippen LogP contribution in [0, 0.1) is 0 Å². The number of aromatic nitrogens is 1. The molecule has 1 rings (SSSR count). The van der Waals surface area contributed by atoms with Gasteiger partial charge in [0.15, 0.2) is 0 Å². The molecule has 0 saturated heterocycles. The predicted octanol–water partition coefficient (Wildman–Crippen LogP) is 2.63. The summed E-state index contributed by atoms with van der Waals surface area (Å²) in [6.45, 7) is 5.98. The molecule has 3 nitrogen and oxygen atoms in total. The summed E-state index contributed by atoms with van der Waals surface area (Å²) < 4.78 is 10.1. The van der Waals surface area contributed by atoms with E-state index in [1.807, 2.05) is 20.8 Å². The SMILES string of the molecule is COc1oc(C(C)(C)C)nc1Cl. The van der Waals surface area contributed by atoms with Gasteiger partial charge in [0, 0.05) is 5.41 Å². The van der Waals surface area contributed by atoms with Crippen molar-refractivity contribution in [3.63, 3.8) is 0 Å². The Balaban J connectivity index is 3.05. The maximum Gasteiger partial charge on any atom is 0.324 e. The Kier molecular flexibility index (Phi) is 2.33. The average molecular weight is 190 g/mol. The second kappa shape index (κ2) is 2.98. The molecule has 0 aliphatic rings. The lowest BCUT2D eigenvalue weighted by atomic mass is 9.97. The summed E-state index contributed by atoms with van der Waals surface area (Å²) in [4.78, 5) is 4.03. The Bertz CT molecular complexity index is 275. The zero-order valence-electron chi connectivity index (χ0n) is 7.64. The van der Waals surface area contributed by atoms with Crippen LogP contribution in [-0.4, -0.2) is 12.1 Å². The Morgan fingerprint density at radius 3 is 2.25 bits per heavy atom. The Morgan fingerprint density at radius 2 is 2.00 bits per heavy atom. The van der Waals surface area contributed by atoms with E-state index in [-0.39, 0.29) is 16.5 Å². The third kappa shape index (κ3) is 1.72. The van der Waals surface area contributed by atoms with Crippen molar-refractivity contribution in [2.45, 2.75) is 26.2 Å². The first-order valence-electron chi connectivity index (χ1n) is 3.66. The van der Waals surface area contributed by atoms with Gasteiger partial charge in [0.2, 0.25) is 11.0 Å². The van der Waals surface area contributed by atoms with Crippen LogP contribution in [0.4, 0.5) is 0 Å². The van der Waals surface area contributed by atoms with Crippen molar-refractivity contribution >= 4 is 11.6 Å². The van der Waals surface area contributed by atoms with Crippen LogP contribution < -0.4 is 4.74 Å². The smallest absolute Gasteiger partial charge is 0.324 e. The molecule has 0 unspecified atom stereocenters. The quantitative estimate of drug-likeness (QED) is 0.681. The first-order valence-corrected chi connectivity index (χ1v) is 4.03. The van der Waals surface area contributed by atoms with Gasteiger partial charge < -0.3 is 9.15 Å². The summed E-state index contributed by atoms with van der Waals surface area (Å²) in [6, 6.07) is 0. The minimum absolute atomic E-state index is 0.138. The maximum absolute atomic E-state index is 5.72. The van der Waals surface area contributed by atoms with Crippen molar-refractivity contribution in [2.75, 3.05) is 7.11 Å². The standard InChI is InChI=1S/C8H12ClNO2/c1-8(2,3)7-10-5(9)6(11-4)12-7/h1-4H3. The van der Waals surface area contributed by atoms with Crippen LogP contribution in [0.1, 0.15) is 26.7 Å². The fourth-order valence-electron chi connectivity index (χ4n) is 0.734. The predicted molar refractivity (Wildman–Crippen MR) is 46.8 cm³/mol. The molecule has 0 amide bonds. The molecule has 68 valence electrons. The molecule has 1 aromatic rings. The molecule has 0 aromatic carbocycles. The van der Waals surface area contributed by atoms with Gasteiger partial charge in [-0.05, 0) is 0 Å². The molecular formula is C8H12ClNO2. The summed E-state index contributed by atoms with van der Waals surface area (Å²) in [6.07, 6.45) is 0. The minimum atomic E-state index is -0.138. The molecule has 0 atom stereocenters. The third-order valence-corrected chi connectivity index (χ3v) is 1.62. The number of halogens is 1. The lowest BCUT2D eigenvalue weighted by Gasteiger charge is -2.11. The van der Waals surface area contributed by atoms with Crippen molar-refractivity contribution < 1.29 is 9.15 Å². The van der Waals surface area contributed by atoms with Gasteiger partial charge in [-0.25, -0.2) is 0 Å². The zero-order valence-corrected chi connectivity index (χ0v) is 8.40. The molecule has 0 radical (unpaired) electrons. The number of hydrogen-bond donors (Lipinski definition) is 0. The Morgan fingerprint density at radius 1 is 1.42 bits per heavy atom. The van der Waals surface area contributed by atoms with Crippen molar-refractivity contribution in [1.82, 2.24) is 4.98 Å². The monoisotopic (exact) mass is 189 g/mol. The normalized spacial score (nSPS) is 11.8. The van der Waals surface area contributed by atoms with E-state index in [1.165, 1.54) is 7.11 Å². The number of nitrogens with zero attached hydrogens (tertiary/aromatic N) is 1. The van der Waals surface area contributed by atoms with Crippen LogP contribution in [0.15, 0.2) is 4.42 Å². The van der Waals surface area contributed by atoms with Gasteiger partial charge in [0.1, 0.15) is 0 Å². The van der Waals surface area contributed by atoms with Crippen LogP contribution in [0.5, 0.6) is 5.95 Å². The summed E-state index contributed by atoms with van der Waals surface area (Å²) >= 11 is 5.72. The van der Waals surface area contributed by atoms with Crippen LogP contribution in [0.2, 0.25) is 5.15 Å². The summed E-state index contributed by atoms with van der Waals surface area (Å²) in [5.74, 6) is 0.867. The Labute approximate surface area is 76.7 Å². The van der Waals surface area contributed by atoms with Gasteiger partial charge in [0.25, 0.3) is 0 Å². The van der Waals surface area contributed by atoms with Gasteiger partial charge in [-0.3, -0.25) is 0 Å². The van der Waals surface area contributed by atoms with Crippen LogP contribution in [0.25, 0.3) is 0 Å². The second-order valence-corrected chi connectivity index (χ2v) is 3.91. The van der Waals surface area contributed by atoms with E-state index in [0.29, 0.717) is 5.89 Å².